The summed E-state index contributed by atoms with van der Waals surface area (Å²) in [5, 5.41) is 21.1. The van der Waals surface area contributed by atoms with E-state index in [-0.39, 0.29) is 23.0 Å². The third-order valence-corrected chi connectivity index (χ3v) is 3.28. The van der Waals surface area contributed by atoms with Gasteiger partial charge in [0, 0.05) is 26.2 Å². The number of likely N-dealkylation sites (N-methyl/N-ethyl adjacent to an activating group) is 1. The van der Waals surface area contributed by atoms with E-state index in [0.717, 1.165) is 19.2 Å². The number of carboxylic acids is 1. The van der Waals surface area contributed by atoms with Crippen LogP contribution in [0.25, 0.3) is 0 Å². The Kier molecular flexibility index (Phi) is 4.09. The van der Waals surface area contributed by atoms with Crippen LogP contribution in [0.3, 0.4) is 0 Å². The number of carboxylic acid groups (broad SMARTS) is 1. The summed E-state index contributed by atoms with van der Waals surface area (Å²) in [6.07, 6.45) is 0. The highest BCUT2D eigenvalue weighted by molar-refractivity contribution is 5.93. The summed E-state index contributed by atoms with van der Waals surface area (Å²) in [4.78, 5) is 26.6. The van der Waals surface area contributed by atoms with Crippen molar-refractivity contribution in [3.8, 4) is 5.75 Å². The molecule has 0 spiro atoms. The van der Waals surface area contributed by atoms with Crippen molar-refractivity contribution in [1.29, 1.82) is 0 Å². The lowest BCUT2D eigenvalue weighted by Gasteiger charge is -2.32. The Labute approximate surface area is 116 Å². The van der Waals surface area contributed by atoms with Gasteiger partial charge in [-0.15, -0.1) is 0 Å². The number of piperazine rings is 1. The van der Waals surface area contributed by atoms with Crippen LogP contribution in [0.1, 0.15) is 10.4 Å². The van der Waals surface area contributed by atoms with Crippen molar-refractivity contribution >= 4 is 17.7 Å². The molecule has 3 N–H and O–H groups in total. The summed E-state index contributed by atoms with van der Waals surface area (Å²) < 4.78 is 0. The minimum atomic E-state index is -1.13. The molecule has 1 aliphatic rings. The monoisotopic (exact) mass is 279 g/mol. The quantitative estimate of drug-likeness (QED) is 0.698. The number of urea groups is 1. The van der Waals surface area contributed by atoms with E-state index in [4.69, 9.17) is 5.11 Å². The molecule has 1 saturated heterocycles. The minimum Gasteiger partial charge on any atom is -0.506 e. The molecule has 108 valence electrons. The lowest BCUT2D eigenvalue weighted by Crippen LogP contribution is -2.48. The Morgan fingerprint density at radius 2 is 1.85 bits per heavy atom. The second-order valence-electron chi connectivity index (χ2n) is 4.76. The molecule has 0 radical (unpaired) electrons. The van der Waals surface area contributed by atoms with Crippen LogP contribution in [0.2, 0.25) is 0 Å². The van der Waals surface area contributed by atoms with Gasteiger partial charge < -0.3 is 25.3 Å². The molecule has 0 aliphatic carbocycles. The molecule has 1 aromatic carbocycles. The third-order valence-electron chi connectivity index (χ3n) is 3.28. The largest absolute Gasteiger partial charge is 0.506 e. The third kappa shape index (κ3) is 3.18. The van der Waals surface area contributed by atoms with Crippen molar-refractivity contribution in [1.82, 2.24) is 9.80 Å². The highest BCUT2D eigenvalue weighted by Gasteiger charge is 2.20. The number of carbonyl (C=O) groups excluding carboxylic acids is 1. The fraction of sp³-hybridized carbons (Fsp3) is 0.385. The molecule has 2 amide bonds. The molecule has 2 rings (SSSR count). The zero-order chi connectivity index (χ0) is 14.7. The maximum atomic E-state index is 12.0. The predicted octanol–water partition coefficient (Wildman–Crippen LogP) is 0.870. The van der Waals surface area contributed by atoms with E-state index in [1.54, 1.807) is 4.90 Å². The maximum Gasteiger partial charge on any atom is 0.335 e. The van der Waals surface area contributed by atoms with Crippen molar-refractivity contribution < 1.29 is 19.8 Å². The number of phenolic OH excluding ortho intramolecular Hbond substituents is 1. The average Bonchev–Trinajstić information content (AvgIpc) is 2.41. The fourth-order valence-electron chi connectivity index (χ4n) is 1.97. The number of phenols is 1. The second kappa shape index (κ2) is 5.79. The lowest BCUT2D eigenvalue weighted by atomic mass is 10.2. The van der Waals surface area contributed by atoms with Gasteiger partial charge in [-0.05, 0) is 25.2 Å². The summed E-state index contributed by atoms with van der Waals surface area (Å²) in [7, 11) is 1.99. The molecule has 0 atom stereocenters. The van der Waals surface area contributed by atoms with Crippen LogP contribution in [-0.4, -0.2) is 65.2 Å². The standard InChI is InChI=1S/C13H17N3O4/c1-15-4-6-16(7-5-15)13(20)14-10-3-2-9(12(18)19)8-11(10)17/h2-3,8,17H,4-7H2,1H3,(H,14,20)(H,18,19). The molecule has 0 bridgehead atoms. The summed E-state index contributed by atoms with van der Waals surface area (Å²) in [5.41, 5.74) is 0.180. The first-order valence-electron chi connectivity index (χ1n) is 6.28. The Hall–Kier alpha value is -2.28. The Bertz CT molecular complexity index is 524. The summed E-state index contributed by atoms with van der Waals surface area (Å²) in [6.45, 7) is 2.85. The van der Waals surface area contributed by atoms with Crippen molar-refractivity contribution in [2.45, 2.75) is 0 Å². The summed E-state index contributed by atoms with van der Waals surface area (Å²) >= 11 is 0. The van der Waals surface area contributed by atoms with Crippen molar-refractivity contribution in [2.75, 3.05) is 38.5 Å². The molecule has 1 aliphatic heterocycles. The van der Waals surface area contributed by atoms with E-state index >= 15 is 0 Å². The van der Waals surface area contributed by atoms with Crippen LogP contribution in [0.4, 0.5) is 10.5 Å². The van der Waals surface area contributed by atoms with Gasteiger partial charge in [-0.25, -0.2) is 9.59 Å². The number of aromatic carboxylic acids is 1. The zero-order valence-corrected chi connectivity index (χ0v) is 11.2. The molecular formula is C13H17N3O4. The van der Waals surface area contributed by atoms with Gasteiger partial charge in [0.15, 0.2) is 0 Å². The smallest absolute Gasteiger partial charge is 0.335 e. The van der Waals surface area contributed by atoms with Crippen LogP contribution >= 0.6 is 0 Å². The number of hydrogen-bond donors (Lipinski definition) is 3. The van der Waals surface area contributed by atoms with Gasteiger partial charge in [-0.1, -0.05) is 0 Å². The average molecular weight is 279 g/mol. The minimum absolute atomic E-state index is 0.0277. The first-order chi connectivity index (χ1) is 9.47. The van der Waals surface area contributed by atoms with E-state index in [2.05, 4.69) is 10.2 Å². The van der Waals surface area contributed by atoms with Crippen molar-refractivity contribution in [3.63, 3.8) is 0 Å². The number of rotatable bonds is 2. The molecule has 0 saturated carbocycles. The molecule has 7 nitrogen and oxygen atoms in total. The summed E-state index contributed by atoms with van der Waals surface area (Å²) in [5.74, 6) is -1.38. The van der Waals surface area contributed by atoms with Gasteiger partial charge in [0.25, 0.3) is 0 Å². The number of anilines is 1. The molecule has 0 unspecified atom stereocenters. The van der Waals surface area contributed by atoms with Crippen LogP contribution in [-0.2, 0) is 0 Å². The first kappa shape index (κ1) is 14.1. The predicted molar refractivity (Wildman–Crippen MR) is 73.2 cm³/mol. The zero-order valence-electron chi connectivity index (χ0n) is 11.2. The van der Waals surface area contributed by atoms with Gasteiger partial charge in [0.2, 0.25) is 0 Å². The van der Waals surface area contributed by atoms with E-state index in [9.17, 15) is 14.7 Å². The topological polar surface area (TPSA) is 93.1 Å². The number of nitrogens with zero attached hydrogens (tertiary/aromatic N) is 2. The molecule has 20 heavy (non-hydrogen) atoms. The fourth-order valence-corrected chi connectivity index (χ4v) is 1.97. The molecular weight excluding hydrogens is 262 g/mol. The van der Waals surface area contributed by atoms with Gasteiger partial charge in [0.05, 0.1) is 11.3 Å². The van der Waals surface area contributed by atoms with Gasteiger partial charge >= 0.3 is 12.0 Å². The number of benzene rings is 1. The van der Waals surface area contributed by atoms with Crippen LogP contribution in [0.5, 0.6) is 5.75 Å². The number of aromatic hydroxyl groups is 1. The van der Waals surface area contributed by atoms with Crippen molar-refractivity contribution in [3.05, 3.63) is 23.8 Å². The lowest BCUT2D eigenvalue weighted by molar-refractivity contribution is 0.0696. The van der Waals surface area contributed by atoms with Crippen molar-refractivity contribution in [2.24, 2.45) is 0 Å². The summed E-state index contributed by atoms with van der Waals surface area (Å²) in [6, 6.07) is 3.53. The Morgan fingerprint density at radius 1 is 1.20 bits per heavy atom. The number of hydrogen-bond acceptors (Lipinski definition) is 4. The van der Waals surface area contributed by atoms with Gasteiger partial charge in [-0.3, -0.25) is 0 Å². The molecule has 0 aromatic heterocycles. The highest BCUT2D eigenvalue weighted by Crippen LogP contribution is 2.24. The first-order valence-corrected chi connectivity index (χ1v) is 6.28. The number of nitrogens with one attached hydrogen (secondary N) is 1. The molecule has 1 fully saturated rings. The Morgan fingerprint density at radius 3 is 2.40 bits per heavy atom. The van der Waals surface area contributed by atoms with Crippen LogP contribution in [0, 0.1) is 0 Å². The molecule has 1 aromatic rings. The normalized spacial score (nSPS) is 15.9. The second-order valence-corrected chi connectivity index (χ2v) is 4.76. The van der Waals surface area contributed by atoms with E-state index < -0.39 is 5.97 Å². The van der Waals surface area contributed by atoms with Gasteiger partial charge in [-0.2, -0.15) is 0 Å². The van der Waals surface area contributed by atoms with Crippen LogP contribution in [0.15, 0.2) is 18.2 Å². The molecule has 7 heteroatoms. The van der Waals surface area contributed by atoms with E-state index in [1.807, 2.05) is 7.05 Å². The number of carbonyl (C=O) groups is 2. The SMILES string of the molecule is CN1CCN(C(=O)Nc2ccc(C(=O)O)cc2O)CC1. The maximum absolute atomic E-state index is 12.0. The molecule has 1 heterocycles. The number of amides is 2. The highest BCUT2D eigenvalue weighted by atomic mass is 16.4. The van der Waals surface area contributed by atoms with Gasteiger partial charge in [0.1, 0.15) is 5.75 Å². The van der Waals surface area contributed by atoms with E-state index in [1.165, 1.54) is 12.1 Å². The van der Waals surface area contributed by atoms with E-state index in [0.29, 0.717) is 13.1 Å². The Balaban J connectivity index is 2.02. The van der Waals surface area contributed by atoms with Crippen LogP contribution < -0.4 is 5.32 Å².